The van der Waals surface area contributed by atoms with Crippen molar-refractivity contribution in [3.05, 3.63) is 70.3 Å². The van der Waals surface area contributed by atoms with Crippen molar-refractivity contribution in [2.75, 3.05) is 0 Å². The summed E-state index contributed by atoms with van der Waals surface area (Å²) in [5, 5.41) is 0. The highest BCUT2D eigenvalue weighted by Crippen LogP contribution is 2.34. The van der Waals surface area contributed by atoms with Crippen molar-refractivity contribution in [3.8, 4) is 0 Å². The Hall–Kier alpha value is -1.74. The topological polar surface area (TPSA) is 34.1 Å². The Bertz CT molecular complexity index is 702. The summed E-state index contributed by atoms with van der Waals surface area (Å²) in [7, 11) is 0. The molecule has 0 N–H and O–H groups in total. The maximum atomic E-state index is 12.6. The van der Waals surface area contributed by atoms with E-state index in [1.807, 2.05) is 19.1 Å². The minimum atomic E-state index is -0.0693. The minimum absolute atomic E-state index is 0.0319. The number of benzene rings is 2. The van der Waals surface area contributed by atoms with E-state index in [0.29, 0.717) is 22.3 Å². The van der Waals surface area contributed by atoms with Crippen molar-refractivity contribution < 1.29 is 9.59 Å². The van der Waals surface area contributed by atoms with Gasteiger partial charge < -0.3 is 0 Å². The van der Waals surface area contributed by atoms with Gasteiger partial charge in [0.1, 0.15) is 0 Å². The van der Waals surface area contributed by atoms with Gasteiger partial charge in [-0.1, -0.05) is 58.4 Å². The molecule has 2 aromatic rings. The zero-order chi connectivity index (χ0) is 13.6. The van der Waals surface area contributed by atoms with Crippen molar-refractivity contribution >= 4 is 27.5 Å². The zero-order valence-corrected chi connectivity index (χ0v) is 11.9. The molecule has 0 spiro atoms. The first-order valence-electron chi connectivity index (χ1n) is 6.06. The van der Waals surface area contributed by atoms with Gasteiger partial charge in [0.15, 0.2) is 11.6 Å². The Balaban J connectivity index is 2.33. The molecule has 0 saturated carbocycles. The van der Waals surface area contributed by atoms with Gasteiger partial charge in [-0.3, -0.25) is 9.59 Å². The maximum Gasteiger partial charge on any atom is 0.194 e. The van der Waals surface area contributed by atoms with Crippen LogP contribution in [0.25, 0.3) is 0 Å². The summed E-state index contributed by atoms with van der Waals surface area (Å²) in [5.41, 5.74) is 2.91. The first-order chi connectivity index (χ1) is 9.11. The second-order valence-corrected chi connectivity index (χ2v) is 5.96. The van der Waals surface area contributed by atoms with E-state index in [1.54, 1.807) is 30.3 Å². The molecule has 0 amide bonds. The highest BCUT2D eigenvalue weighted by Gasteiger charge is 2.31. The largest absolute Gasteiger partial charge is 0.289 e. The van der Waals surface area contributed by atoms with Gasteiger partial charge in [0, 0.05) is 27.1 Å². The van der Waals surface area contributed by atoms with Crippen LogP contribution in [-0.4, -0.2) is 11.6 Å². The molecule has 0 bridgehead atoms. The highest BCUT2D eigenvalue weighted by molar-refractivity contribution is 9.09. The normalized spacial score (nSPS) is 14.8. The highest BCUT2D eigenvalue weighted by atomic mass is 79.9. The molecule has 0 fully saturated rings. The summed E-state index contributed by atoms with van der Waals surface area (Å²) in [5.74, 6) is -0.132. The molecule has 3 rings (SSSR count). The number of fused-ring (bicyclic) bond motifs is 2. The van der Waals surface area contributed by atoms with Crippen LogP contribution < -0.4 is 0 Å². The minimum Gasteiger partial charge on any atom is -0.289 e. The fourth-order valence-electron chi connectivity index (χ4n) is 2.50. The van der Waals surface area contributed by atoms with Crippen LogP contribution in [0.1, 0.15) is 49.2 Å². The fourth-order valence-corrected chi connectivity index (χ4v) is 2.88. The summed E-state index contributed by atoms with van der Waals surface area (Å²) in [6.07, 6.45) is 0. The van der Waals surface area contributed by atoms with Gasteiger partial charge in [-0.05, 0) is 12.5 Å². The molecule has 94 valence electrons. The molecular formula is C16H11BrO2. The van der Waals surface area contributed by atoms with Gasteiger partial charge in [-0.25, -0.2) is 0 Å². The molecule has 2 nitrogen and oxygen atoms in total. The Kier molecular flexibility index (Phi) is 2.86. The van der Waals surface area contributed by atoms with E-state index in [-0.39, 0.29) is 16.4 Å². The van der Waals surface area contributed by atoms with Crippen LogP contribution in [-0.2, 0) is 0 Å². The molecule has 0 aromatic heterocycles. The number of carbonyl (C=O) groups is 2. The van der Waals surface area contributed by atoms with Crippen molar-refractivity contribution in [2.45, 2.75) is 11.8 Å². The number of carbonyl (C=O) groups excluding carboxylic acids is 2. The SMILES string of the molecule is CC(Br)c1cccc2c1C(=O)c1ccccc1C2=O. The summed E-state index contributed by atoms with van der Waals surface area (Å²) in [6, 6.07) is 12.4. The Morgan fingerprint density at radius 2 is 1.42 bits per heavy atom. The second kappa shape index (κ2) is 4.42. The van der Waals surface area contributed by atoms with Crippen molar-refractivity contribution in [2.24, 2.45) is 0 Å². The zero-order valence-electron chi connectivity index (χ0n) is 10.3. The van der Waals surface area contributed by atoms with Crippen molar-refractivity contribution in [1.29, 1.82) is 0 Å². The molecule has 1 unspecified atom stereocenters. The van der Waals surface area contributed by atoms with Crippen molar-refractivity contribution in [1.82, 2.24) is 0 Å². The molecule has 0 aliphatic heterocycles. The van der Waals surface area contributed by atoms with Crippen LogP contribution in [0.4, 0.5) is 0 Å². The van der Waals surface area contributed by atoms with Gasteiger partial charge in [0.2, 0.25) is 0 Å². The fraction of sp³-hybridized carbons (Fsp3) is 0.125. The third-order valence-corrected chi connectivity index (χ3v) is 3.91. The average molecular weight is 315 g/mol. The average Bonchev–Trinajstić information content (AvgIpc) is 2.44. The van der Waals surface area contributed by atoms with Crippen LogP contribution in [0, 0.1) is 0 Å². The van der Waals surface area contributed by atoms with Crippen LogP contribution in [0.5, 0.6) is 0 Å². The quantitative estimate of drug-likeness (QED) is 0.638. The molecule has 2 aromatic carbocycles. The smallest absolute Gasteiger partial charge is 0.194 e. The summed E-state index contributed by atoms with van der Waals surface area (Å²) in [4.78, 5) is 25.1. The third kappa shape index (κ3) is 1.77. The number of rotatable bonds is 1. The Morgan fingerprint density at radius 3 is 2.05 bits per heavy atom. The molecule has 0 saturated heterocycles. The van der Waals surface area contributed by atoms with Crippen LogP contribution in [0.2, 0.25) is 0 Å². The van der Waals surface area contributed by atoms with Gasteiger partial charge in [0.25, 0.3) is 0 Å². The second-order valence-electron chi connectivity index (χ2n) is 4.59. The number of hydrogen-bond donors (Lipinski definition) is 0. The van der Waals surface area contributed by atoms with E-state index in [4.69, 9.17) is 0 Å². The van der Waals surface area contributed by atoms with Gasteiger partial charge in [-0.2, -0.15) is 0 Å². The lowest BCUT2D eigenvalue weighted by Gasteiger charge is -2.20. The van der Waals surface area contributed by atoms with E-state index in [0.717, 1.165) is 5.56 Å². The van der Waals surface area contributed by atoms with E-state index >= 15 is 0 Å². The monoisotopic (exact) mass is 314 g/mol. The van der Waals surface area contributed by atoms with Crippen LogP contribution >= 0.6 is 15.9 Å². The predicted octanol–water partition coefficient (Wildman–Crippen LogP) is 3.92. The summed E-state index contributed by atoms with van der Waals surface area (Å²) >= 11 is 3.49. The standard InChI is InChI=1S/C16H11BrO2/c1-9(17)10-7-4-8-13-14(10)16(19)12-6-3-2-5-11(12)15(13)18/h2-9H,1H3. The van der Waals surface area contributed by atoms with Crippen LogP contribution in [0.3, 0.4) is 0 Å². The number of ketones is 2. The molecule has 1 atom stereocenters. The lowest BCUT2D eigenvalue weighted by Crippen LogP contribution is -2.22. The van der Waals surface area contributed by atoms with E-state index in [1.165, 1.54) is 0 Å². The number of hydrogen-bond acceptors (Lipinski definition) is 2. The third-order valence-electron chi connectivity index (χ3n) is 3.41. The maximum absolute atomic E-state index is 12.6. The predicted molar refractivity (Wildman–Crippen MR) is 77.1 cm³/mol. The summed E-state index contributed by atoms with van der Waals surface area (Å²) < 4.78 is 0. The van der Waals surface area contributed by atoms with Gasteiger partial charge in [0.05, 0.1) is 0 Å². The number of halogens is 1. The molecular weight excluding hydrogens is 304 g/mol. The van der Waals surface area contributed by atoms with Gasteiger partial charge in [-0.15, -0.1) is 0 Å². The molecule has 0 heterocycles. The van der Waals surface area contributed by atoms with Gasteiger partial charge >= 0.3 is 0 Å². The summed E-state index contributed by atoms with van der Waals surface area (Å²) in [6.45, 7) is 1.95. The van der Waals surface area contributed by atoms with E-state index < -0.39 is 0 Å². The first-order valence-corrected chi connectivity index (χ1v) is 6.98. The molecule has 0 radical (unpaired) electrons. The first kappa shape index (κ1) is 12.3. The Morgan fingerprint density at radius 1 is 0.842 bits per heavy atom. The molecule has 3 heteroatoms. The lowest BCUT2D eigenvalue weighted by molar-refractivity contribution is 0.0978. The Labute approximate surface area is 119 Å². The van der Waals surface area contributed by atoms with Crippen LogP contribution in [0.15, 0.2) is 42.5 Å². The number of alkyl halides is 1. The molecule has 1 aliphatic rings. The van der Waals surface area contributed by atoms with E-state index in [2.05, 4.69) is 15.9 Å². The van der Waals surface area contributed by atoms with Crippen molar-refractivity contribution in [3.63, 3.8) is 0 Å². The molecule has 19 heavy (non-hydrogen) atoms. The lowest BCUT2D eigenvalue weighted by atomic mass is 9.81. The van der Waals surface area contributed by atoms with E-state index in [9.17, 15) is 9.59 Å². The molecule has 1 aliphatic carbocycles.